The van der Waals surface area contributed by atoms with Crippen molar-refractivity contribution in [2.24, 2.45) is 5.92 Å². The Labute approximate surface area is 192 Å². The fourth-order valence-electron chi connectivity index (χ4n) is 5.64. The van der Waals surface area contributed by atoms with E-state index in [9.17, 15) is 9.90 Å². The van der Waals surface area contributed by atoms with Crippen LogP contribution in [0.15, 0.2) is 60.7 Å². The van der Waals surface area contributed by atoms with Gasteiger partial charge in [-0.05, 0) is 62.4 Å². The lowest BCUT2D eigenvalue weighted by Crippen LogP contribution is -2.56. The fourth-order valence-corrected chi connectivity index (χ4v) is 5.64. The molecule has 0 aromatic heterocycles. The zero-order valence-electron chi connectivity index (χ0n) is 19.4. The number of hydrogen-bond acceptors (Lipinski definition) is 3. The maximum Gasteiger partial charge on any atom is 0.247 e. The summed E-state index contributed by atoms with van der Waals surface area (Å²) in [6.07, 6.45) is 8.24. The number of nitrogens with zero attached hydrogens (tertiary/aromatic N) is 2. The third kappa shape index (κ3) is 4.61. The molecular formula is C28H36N2O2. The number of piperidine rings is 1. The summed E-state index contributed by atoms with van der Waals surface area (Å²) >= 11 is 0. The third-order valence-electron chi connectivity index (χ3n) is 7.43. The lowest BCUT2D eigenvalue weighted by atomic mass is 9.66. The van der Waals surface area contributed by atoms with Crippen molar-refractivity contribution in [3.63, 3.8) is 0 Å². The van der Waals surface area contributed by atoms with Crippen molar-refractivity contribution in [3.8, 4) is 0 Å². The number of fused-ring (bicyclic) bond motifs is 1. The van der Waals surface area contributed by atoms with Gasteiger partial charge in [0.05, 0.1) is 11.6 Å². The molecule has 0 unspecified atom stereocenters. The predicted molar refractivity (Wildman–Crippen MR) is 131 cm³/mol. The third-order valence-corrected chi connectivity index (χ3v) is 7.43. The normalized spacial score (nSPS) is 25.5. The first-order valence-electron chi connectivity index (χ1n) is 12.2. The van der Waals surface area contributed by atoms with Crippen LogP contribution in [0.4, 0.5) is 5.69 Å². The molecule has 4 nitrogen and oxygen atoms in total. The summed E-state index contributed by atoms with van der Waals surface area (Å²) in [5.74, 6) is 0.109. The zero-order chi connectivity index (χ0) is 22.6. The van der Waals surface area contributed by atoms with E-state index in [4.69, 9.17) is 0 Å². The van der Waals surface area contributed by atoms with E-state index in [1.165, 1.54) is 5.69 Å². The van der Waals surface area contributed by atoms with Gasteiger partial charge in [0, 0.05) is 37.3 Å². The first kappa shape index (κ1) is 22.6. The molecule has 2 aliphatic rings. The van der Waals surface area contributed by atoms with E-state index in [0.717, 1.165) is 49.9 Å². The molecule has 4 rings (SSSR count). The number of likely N-dealkylation sites (tertiary alicyclic amines) is 1. The molecule has 2 fully saturated rings. The zero-order valence-corrected chi connectivity index (χ0v) is 19.4. The molecule has 170 valence electrons. The summed E-state index contributed by atoms with van der Waals surface area (Å²) in [4.78, 5) is 17.7. The Morgan fingerprint density at radius 1 is 1.06 bits per heavy atom. The highest BCUT2D eigenvalue weighted by atomic mass is 16.3. The highest BCUT2D eigenvalue weighted by Crippen LogP contribution is 2.49. The molecule has 4 heteroatoms. The fraction of sp³-hybridized carbons (Fsp3) is 0.464. The van der Waals surface area contributed by atoms with E-state index >= 15 is 0 Å². The molecule has 1 saturated heterocycles. The van der Waals surface area contributed by atoms with Crippen molar-refractivity contribution in [2.45, 2.75) is 57.6 Å². The van der Waals surface area contributed by atoms with Gasteiger partial charge in [0.25, 0.3) is 0 Å². The standard InChI is InChI=1S/C28H36N2O2/c1-3-29(4-2)24-16-14-23(15-17-24)27-25-12-8-9-19-28(25,32)20-21-30(27)26(31)18-13-22-10-6-5-7-11-22/h5-7,10-11,13-18,25,27,32H,3-4,8-9,12,19-21H2,1-2H3/b18-13+/t25-,27+,28+/m0/s1. The second-order valence-electron chi connectivity index (χ2n) is 9.19. The predicted octanol–water partition coefficient (Wildman–Crippen LogP) is 5.44. The SMILES string of the molecule is CCN(CC)c1ccc([C@@H]2[C@@H]3CCCC[C@@]3(O)CCN2C(=O)/C=C/c2ccccc2)cc1. The monoisotopic (exact) mass is 432 g/mol. The molecule has 2 aromatic rings. The number of hydrogen-bond donors (Lipinski definition) is 1. The lowest BCUT2D eigenvalue weighted by Gasteiger charge is -2.52. The summed E-state index contributed by atoms with van der Waals surface area (Å²) in [5, 5.41) is 11.5. The van der Waals surface area contributed by atoms with Gasteiger partial charge in [-0.2, -0.15) is 0 Å². The Balaban J connectivity index is 1.64. The summed E-state index contributed by atoms with van der Waals surface area (Å²) in [7, 11) is 0. The smallest absolute Gasteiger partial charge is 0.247 e. The van der Waals surface area contributed by atoms with Gasteiger partial charge < -0.3 is 14.9 Å². The average Bonchev–Trinajstić information content (AvgIpc) is 2.83. The molecule has 0 radical (unpaired) electrons. The van der Waals surface area contributed by atoms with Crippen LogP contribution in [0.25, 0.3) is 6.08 Å². The lowest BCUT2D eigenvalue weighted by molar-refractivity contribution is -0.150. The van der Waals surface area contributed by atoms with Gasteiger partial charge in [-0.1, -0.05) is 55.3 Å². The first-order chi connectivity index (χ1) is 15.6. The topological polar surface area (TPSA) is 43.8 Å². The number of carbonyl (C=O) groups excluding carboxylic acids is 1. The number of benzene rings is 2. The van der Waals surface area contributed by atoms with Crippen LogP contribution in [-0.2, 0) is 4.79 Å². The Hall–Kier alpha value is -2.59. The largest absolute Gasteiger partial charge is 0.389 e. The van der Waals surface area contributed by atoms with Crippen LogP contribution in [0.1, 0.15) is 63.1 Å². The number of aliphatic hydroxyl groups is 1. The van der Waals surface area contributed by atoms with Crippen LogP contribution in [0.3, 0.4) is 0 Å². The van der Waals surface area contributed by atoms with E-state index in [0.29, 0.717) is 13.0 Å². The van der Waals surface area contributed by atoms with Crippen molar-refractivity contribution in [3.05, 3.63) is 71.8 Å². The summed E-state index contributed by atoms with van der Waals surface area (Å²) in [5.41, 5.74) is 2.69. The van der Waals surface area contributed by atoms with Crippen molar-refractivity contribution in [1.82, 2.24) is 4.90 Å². The minimum Gasteiger partial charge on any atom is -0.389 e. The quantitative estimate of drug-likeness (QED) is 0.618. The van der Waals surface area contributed by atoms with E-state index in [1.807, 2.05) is 41.3 Å². The van der Waals surface area contributed by atoms with E-state index in [-0.39, 0.29) is 17.9 Å². The molecule has 1 heterocycles. The highest BCUT2D eigenvalue weighted by molar-refractivity contribution is 5.92. The van der Waals surface area contributed by atoms with E-state index < -0.39 is 5.60 Å². The van der Waals surface area contributed by atoms with Crippen LogP contribution >= 0.6 is 0 Å². The number of carbonyl (C=O) groups is 1. The van der Waals surface area contributed by atoms with E-state index in [2.05, 4.69) is 43.0 Å². The molecule has 1 amide bonds. The molecule has 1 saturated carbocycles. The van der Waals surface area contributed by atoms with Gasteiger partial charge in [-0.15, -0.1) is 0 Å². The van der Waals surface area contributed by atoms with Crippen molar-refractivity contribution >= 4 is 17.7 Å². The molecule has 1 aliphatic heterocycles. The Morgan fingerprint density at radius 3 is 2.47 bits per heavy atom. The second kappa shape index (κ2) is 9.91. The van der Waals surface area contributed by atoms with Crippen LogP contribution in [0, 0.1) is 5.92 Å². The van der Waals surface area contributed by atoms with E-state index in [1.54, 1.807) is 6.08 Å². The average molecular weight is 433 g/mol. The van der Waals surface area contributed by atoms with Gasteiger partial charge in [-0.3, -0.25) is 4.79 Å². The van der Waals surface area contributed by atoms with Crippen LogP contribution in [-0.4, -0.2) is 41.1 Å². The molecule has 32 heavy (non-hydrogen) atoms. The minimum atomic E-state index is -0.666. The summed E-state index contributed by atoms with van der Waals surface area (Å²) in [6, 6.07) is 18.5. The van der Waals surface area contributed by atoms with Crippen LogP contribution < -0.4 is 4.90 Å². The van der Waals surface area contributed by atoms with Crippen molar-refractivity contribution < 1.29 is 9.90 Å². The molecule has 0 spiro atoms. The molecule has 3 atom stereocenters. The van der Waals surface area contributed by atoms with Crippen molar-refractivity contribution in [2.75, 3.05) is 24.5 Å². The van der Waals surface area contributed by atoms with Crippen molar-refractivity contribution in [1.29, 1.82) is 0 Å². The maximum atomic E-state index is 13.4. The summed E-state index contributed by atoms with van der Waals surface area (Å²) in [6.45, 7) is 6.86. The van der Waals surface area contributed by atoms with Gasteiger partial charge in [0.1, 0.15) is 0 Å². The van der Waals surface area contributed by atoms with Gasteiger partial charge in [0.15, 0.2) is 0 Å². The van der Waals surface area contributed by atoms with Gasteiger partial charge in [-0.25, -0.2) is 0 Å². The maximum absolute atomic E-state index is 13.4. The molecule has 2 aromatic carbocycles. The Bertz CT molecular complexity index is 920. The molecule has 0 bridgehead atoms. The Morgan fingerprint density at radius 2 is 1.78 bits per heavy atom. The molecular weight excluding hydrogens is 396 g/mol. The van der Waals surface area contributed by atoms with Gasteiger partial charge >= 0.3 is 0 Å². The number of amides is 1. The van der Waals surface area contributed by atoms with Gasteiger partial charge in [0.2, 0.25) is 5.91 Å². The second-order valence-corrected chi connectivity index (χ2v) is 9.19. The number of rotatable bonds is 6. The first-order valence-corrected chi connectivity index (χ1v) is 12.2. The molecule has 1 N–H and O–H groups in total. The number of anilines is 1. The molecule has 1 aliphatic carbocycles. The van der Waals surface area contributed by atoms with Crippen LogP contribution in [0.2, 0.25) is 0 Å². The van der Waals surface area contributed by atoms with Crippen LogP contribution in [0.5, 0.6) is 0 Å². The minimum absolute atomic E-state index is 0.0271. The highest BCUT2D eigenvalue weighted by Gasteiger charge is 2.49. The Kier molecular flexibility index (Phi) is 7.00. The summed E-state index contributed by atoms with van der Waals surface area (Å²) < 4.78 is 0.